The first kappa shape index (κ1) is 17.9. The van der Waals surface area contributed by atoms with E-state index in [0.29, 0.717) is 0 Å². The van der Waals surface area contributed by atoms with Gasteiger partial charge in [-0.25, -0.2) is 0 Å². The van der Waals surface area contributed by atoms with Crippen LogP contribution >= 0.6 is 11.3 Å². The Morgan fingerprint density at radius 2 is 1.96 bits per heavy atom. The highest BCUT2D eigenvalue weighted by Gasteiger charge is 2.37. The van der Waals surface area contributed by atoms with E-state index < -0.39 is 11.0 Å². The van der Waals surface area contributed by atoms with Crippen molar-refractivity contribution in [3.63, 3.8) is 0 Å². The molecule has 0 amide bonds. The molecular formula is C19H25N3O2S. The largest absolute Gasteiger partial charge is 0.460 e. The minimum atomic E-state index is -0.567. The van der Waals surface area contributed by atoms with Crippen LogP contribution in [0.5, 0.6) is 0 Å². The lowest BCUT2D eigenvalue weighted by molar-refractivity contribution is -0.155. The lowest BCUT2D eigenvalue weighted by atomic mass is 9.85. The number of aryl methyl sites for hydroxylation is 2. The average molecular weight is 359 g/mol. The number of fused-ring (bicyclic) bond motifs is 3. The number of ether oxygens (including phenoxy) is 1. The maximum atomic E-state index is 12.5. The van der Waals surface area contributed by atoms with E-state index in [-0.39, 0.29) is 12.4 Å². The quantitative estimate of drug-likeness (QED) is 0.751. The van der Waals surface area contributed by atoms with Gasteiger partial charge in [0, 0.05) is 10.4 Å². The highest BCUT2D eigenvalue weighted by molar-refractivity contribution is 7.15. The van der Waals surface area contributed by atoms with Crippen LogP contribution in [0.3, 0.4) is 0 Å². The number of thiophene rings is 1. The van der Waals surface area contributed by atoms with Gasteiger partial charge >= 0.3 is 5.97 Å². The standard InChI is InChI=1S/C19H25N3O2S/c1-11-12(2)25-16-14(11)8-9-19(7,10-15(23)24-18(4,5)6)17-21-20-13(3)22(16)17/h8-9H,10H2,1-7H3/t19-/m0/s1. The molecule has 3 rings (SSSR count). The molecule has 6 heteroatoms. The minimum absolute atomic E-state index is 0.228. The van der Waals surface area contributed by atoms with Crippen LogP contribution in [-0.2, 0) is 14.9 Å². The van der Waals surface area contributed by atoms with Crippen LogP contribution in [0.2, 0.25) is 0 Å². The first-order valence-electron chi connectivity index (χ1n) is 8.46. The molecule has 1 aliphatic rings. The fraction of sp³-hybridized carbons (Fsp3) is 0.526. The summed E-state index contributed by atoms with van der Waals surface area (Å²) >= 11 is 1.74. The molecule has 0 saturated heterocycles. The summed E-state index contributed by atoms with van der Waals surface area (Å²) in [5.74, 6) is 1.38. The van der Waals surface area contributed by atoms with Gasteiger partial charge in [0.2, 0.25) is 0 Å². The number of aromatic nitrogens is 3. The number of carbonyl (C=O) groups excluding carboxylic acids is 1. The van der Waals surface area contributed by atoms with Crippen LogP contribution in [0.25, 0.3) is 11.1 Å². The summed E-state index contributed by atoms with van der Waals surface area (Å²) in [5, 5.41) is 9.83. The maximum absolute atomic E-state index is 12.5. The van der Waals surface area contributed by atoms with Gasteiger partial charge in [-0.2, -0.15) is 0 Å². The summed E-state index contributed by atoms with van der Waals surface area (Å²) in [6, 6.07) is 0. The third-order valence-corrected chi connectivity index (χ3v) is 5.71. The molecule has 1 aliphatic heterocycles. The fourth-order valence-corrected chi connectivity index (χ4v) is 4.32. The average Bonchev–Trinajstić information content (AvgIpc) is 2.93. The normalized spacial score (nSPS) is 19.3. The van der Waals surface area contributed by atoms with Gasteiger partial charge in [-0.05, 0) is 54.0 Å². The van der Waals surface area contributed by atoms with Crippen LogP contribution in [0, 0.1) is 20.8 Å². The van der Waals surface area contributed by atoms with Crippen molar-refractivity contribution in [2.45, 2.75) is 65.9 Å². The molecule has 0 N–H and O–H groups in total. The number of carbonyl (C=O) groups is 1. The first-order valence-corrected chi connectivity index (χ1v) is 9.27. The lowest BCUT2D eigenvalue weighted by Crippen LogP contribution is -2.31. The second kappa shape index (κ2) is 5.80. The summed E-state index contributed by atoms with van der Waals surface area (Å²) < 4.78 is 7.63. The number of hydrogen-bond donors (Lipinski definition) is 0. The van der Waals surface area contributed by atoms with Gasteiger partial charge in [0.15, 0.2) is 0 Å². The molecule has 0 aromatic carbocycles. The van der Waals surface area contributed by atoms with Crippen molar-refractivity contribution in [2.75, 3.05) is 0 Å². The summed E-state index contributed by atoms with van der Waals surface area (Å²) in [6.07, 6.45) is 4.42. The number of esters is 1. The molecule has 25 heavy (non-hydrogen) atoms. The Labute approximate surface area is 152 Å². The molecule has 0 aliphatic carbocycles. The molecule has 134 valence electrons. The summed E-state index contributed by atoms with van der Waals surface area (Å²) in [7, 11) is 0. The number of allylic oxidation sites excluding steroid dienone is 1. The topological polar surface area (TPSA) is 57.0 Å². The molecule has 0 bridgehead atoms. The Bertz CT molecular complexity index is 870. The van der Waals surface area contributed by atoms with Crippen molar-refractivity contribution in [1.29, 1.82) is 0 Å². The van der Waals surface area contributed by atoms with Gasteiger partial charge < -0.3 is 4.74 Å². The molecule has 0 fully saturated rings. The van der Waals surface area contributed by atoms with Crippen molar-refractivity contribution in [2.24, 2.45) is 0 Å². The van der Waals surface area contributed by atoms with E-state index in [1.165, 1.54) is 16.0 Å². The number of rotatable bonds is 2. The molecule has 0 spiro atoms. The Morgan fingerprint density at radius 1 is 1.28 bits per heavy atom. The predicted molar refractivity (Wildman–Crippen MR) is 100 cm³/mol. The first-order chi connectivity index (χ1) is 11.5. The highest BCUT2D eigenvalue weighted by atomic mass is 32.1. The monoisotopic (exact) mass is 359 g/mol. The summed E-state index contributed by atoms with van der Waals surface area (Å²) in [4.78, 5) is 13.8. The van der Waals surface area contributed by atoms with Gasteiger partial charge in [0.25, 0.3) is 0 Å². The maximum Gasteiger partial charge on any atom is 0.307 e. The van der Waals surface area contributed by atoms with Crippen molar-refractivity contribution in [1.82, 2.24) is 14.8 Å². The Balaban J connectivity index is 2.09. The van der Waals surface area contributed by atoms with E-state index in [9.17, 15) is 4.79 Å². The van der Waals surface area contributed by atoms with Gasteiger partial charge in [-0.15, -0.1) is 21.5 Å². The summed E-state index contributed by atoms with van der Waals surface area (Å²) in [5.41, 5.74) is 1.37. The smallest absolute Gasteiger partial charge is 0.307 e. The predicted octanol–water partition coefficient (Wildman–Crippen LogP) is 4.27. The van der Waals surface area contributed by atoms with Gasteiger partial charge in [0.1, 0.15) is 22.3 Å². The van der Waals surface area contributed by atoms with Gasteiger partial charge in [0.05, 0.1) is 11.8 Å². The van der Waals surface area contributed by atoms with Crippen molar-refractivity contribution >= 4 is 23.4 Å². The van der Waals surface area contributed by atoms with E-state index in [2.05, 4.69) is 40.8 Å². The number of nitrogens with zero attached hydrogens (tertiary/aromatic N) is 3. The molecule has 0 unspecified atom stereocenters. The van der Waals surface area contributed by atoms with Gasteiger partial charge in [-0.3, -0.25) is 9.36 Å². The van der Waals surface area contributed by atoms with E-state index >= 15 is 0 Å². The zero-order chi connectivity index (χ0) is 18.6. The van der Waals surface area contributed by atoms with Crippen molar-refractivity contribution in [3.05, 3.63) is 33.7 Å². The lowest BCUT2D eigenvalue weighted by Gasteiger charge is -2.26. The van der Waals surface area contributed by atoms with Crippen LogP contribution in [0.4, 0.5) is 0 Å². The molecule has 3 heterocycles. The summed E-state index contributed by atoms with van der Waals surface area (Å²) in [6.45, 7) is 13.9. The third kappa shape index (κ3) is 3.15. The molecule has 0 saturated carbocycles. The van der Waals surface area contributed by atoms with E-state index in [1.54, 1.807) is 11.3 Å². The van der Waals surface area contributed by atoms with Gasteiger partial charge in [-0.1, -0.05) is 12.2 Å². The highest BCUT2D eigenvalue weighted by Crippen LogP contribution is 2.41. The van der Waals surface area contributed by atoms with E-state index in [1.807, 2.05) is 34.6 Å². The van der Waals surface area contributed by atoms with Crippen LogP contribution < -0.4 is 0 Å². The Hall–Kier alpha value is -1.95. The van der Waals surface area contributed by atoms with Crippen LogP contribution in [0.15, 0.2) is 6.08 Å². The second-order valence-corrected chi connectivity index (χ2v) is 9.13. The van der Waals surface area contributed by atoms with Crippen molar-refractivity contribution in [3.8, 4) is 5.00 Å². The third-order valence-electron chi connectivity index (χ3n) is 4.50. The molecule has 0 radical (unpaired) electrons. The molecular weight excluding hydrogens is 334 g/mol. The molecule has 1 atom stereocenters. The molecule has 2 aromatic rings. The Kier molecular flexibility index (Phi) is 4.14. The zero-order valence-corrected chi connectivity index (χ0v) is 16.7. The Morgan fingerprint density at radius 3 is 2.60 bits per heavy atom. The van der Waals surface area contributed by atoms with E-state index in [0.717, 1.165) is 16.6 Å². The minimum Gasteiger partial charge on any atom is -0.460 e. The molecule has 5 nitrogen and oxygen atoms in total. The molecule has 2 aromatic heterocycles. The zero-order valence-electron chi connectivity index (χ0n) is 15.9. The van der Waals surface area contributed by atoms with Crippen LogP contribution in [-0.4, -0.2) is 26.3 Å². The number of hydrogen-bond acceptors (Lipinski definition) is 5. The SMILES string of the molecule is Cc1sc2c(c1C)C=C[C@@](C)(CC(=O)OC(C)(C)C)c1nnc(C)n1-2. The van der Waals surface area contributed by atoms with E-state index in [4.69, 9.17) is 4.74 Å². The second-order valence-electron chi connectivity index (χ2n) is 7.92. The van der Waals surface area contributed by atoms with Crippen molar-refractivity contribution < 1.29 is 9.53 Å². The van der Waals surface area contributed by atoms with Crippen LogP contribution in [0.1, 0.15) is 61.8 Å². The fourth-order valence-electron chi connectivity index (χ4n) is 3.12.